The number of aromatic nitrogens is 1. The van der Waals surface area contributed by atoms with E-state index in [1.807, 2.05) is 13.8 Å². The number of hydrogen-bond acceptors (Lipinski definition) is 6. The minimum absolute atomic E-state index is 0.0416. The van der Waals surface area contributed by atoms with Gasteiger partial charge in [0.1, 0.15) is 5.76 Å². The van der Waals surface area contributed by atoms with Crippen LogP contribution >= 0.6 is 0 Å². The predicted molar refractivity (Wildman–Crippen MR) is 118 cm³/mol. The zero-order valence-electron chi connectivity index (χ0n) is 19.4. The van der Waals surface area contributed by atoms with Crippen molar-refractivity contribution < 1.29 is 18.8 Å². The molecule has 1 aliphatic heterocycles. The van der Waals surface area contributed by atoms with Crippen molar-refractivity contribution in [3.05, 3.63) is 17.0 Å². The van der Waals surface area contributed by atoms with Gasteiger partial charge < -0.3 is 29.7 Å². The van der Waals surface area contributed by atoms with Crippen molar-refractivity contribution in [3.63, 3.8) is 0 Å². The number of carbonyl (C=O) groups excluding carboxylic acids is 2. The average Bonchev–Trinajstić information content (AvgIpc) is 3.17. The number of nitrogens with one attached hydrogen (secondary N) is 2. The summed E-state index contributed by atoms with van der Waals surface area (Å²) < 4.78 is 10.5. The maximum atomic E-state index is 12.1. The van der Waals surface area contributed by atoms with Crippen LogP contribution in [-0.4, -0.2) is 79.3 Å². The number of aryl methyl sites for hydroxylation is 2. The van der Waals surface area contributed by atoms with Crippen molar-refractivity contribution in [2.75, 3.05) is 40.3 Å². The molecular weight excluding hydrogens is 400 g/mol. The Bertz CT molecular complexity index is 732. The SMILES string of the molecule is CCOC(=O)N1CCC(NC(=NCc2c(CC)noc2CC)NCC(=O)N(C)C)CC1. The molecule has 1 aromatic heterocycles. The fourth-order valence-electron chi connectivity index (χ4n) is 3.36. The van der Waals surface area contributed by atoms with Gasteiger partial charge in [-0.25, -0.2) is 9.79 Å². The van der Waals surface area contributed by atoms with E-state index in [4.69, 9.17) is 14.3 Å². The number of aliphatic imine (C=N–C) groups is 1. The number of likely N-dealkylation sites (N-methyl/N-ethyl adjacent to an activating group) is 1. The lowest BCUT2D eigenvalue weighted by atomic mass is 10.1. The highest BCUT2D eigenvalue weighted by Gasteiger charge is 2.24. The van der Waals surface area contributed by atoms with Crippen molar-refractivity contribution in [1.82, 2.24) is 25.6 Å². The normalized spacial score (nSPS) is 15.0. The van der Waals surface area contributed by atoms with E-state index < -0.39 is 0 Å². The molecule has 174 valence electrons. The molecule has 10 nitrogen and oxygen atoms in total. The Morgan fingerprint density at radius 2 is 1.94 bits per heavy atom. The number of likely N-dealkylation sites (tertiary alicyclic amines) is 1. The van der Waals surface area contributed by atoms with E-state index >= 15 is 0 Å². The van der Waals surface area contributed by atoms with Crippen LogP contribution in [0.3, 0.4) is 0 Å². The van der Waals surface area contributed by atoms with Crippen LogP contribution in [0.25, 0.3) is 0 Å². The van der Waals surface area contributed by atoms with Gasteiger partial charge in [0.2, 0.25) is 5.91 Å². The number of amides is 2. The fourth-order valence-corrected chi connectivity index (χ4v) is 3.36. The molecule has 2 rings (SSSR count). The lowest BCUT2D eigenvalue weighted by Crippen LogP contribution is -2.51. The largest absolute Gasteiger partial charge is 0.450 e. The van der Waals surface area contributed by atoms with E-state index in [1.165, 1.54) is 4.90 Å². The second-order valence-electron chi connectivity index (χ2n) is 7.65. The first-order chi connectivity index (χ1) is 14.9. The minimum atomic E-state index is -0.267. The summed E-state index contributed by atoms with van der Waals surface area (Å²) in [7, 11) is 3.44. The number of carbonyl (C=O) groups is 2. The highest BCUT2D eigenvalue weighted by atomic mass is 16.6. The van der Waals surface area contributed by atoms with Gasteiger partial charge in [-0.1, -0.05) is 19.0 Å². The first-order valence-corrected chi connectivity index (χ1v) is 11.0. The zero-order chi connectivity index (χ0) is 22.8. The summed E-state index contributed by atoms with van der Waals surface area (Å²) in [5, 5.41) is 10.7. The number of rotatable bonds is 8. The fraction of sp³-hybridized carbons (Fsp3) is 0.714. The second-order valence-corrected chi connectivity index (χ2v) is 7.65. The van der Waals surface area contributed by atoms with Gasteiger partial charge in [0.25, 0.3) is 0 Å². The molecule has 0 bridgehead atoms. The standard InChI is InChI=1S/C21H36N6O4/c1-6-17-16(18(7-2)31-25-17)13-22-20(23-14-19(28)26(4)5)24-15-9-11-27(12-10-15)21(29)30-8-3/h15H,6-14H2,1-5H3,(H2,22,23,24). The van der Waals surface area contributed by atoms with Gasteiger partial charge in [-0.15, -0.1) is 0 Å². The molecule has 0 saturated carbocycles. The van der Waals surface area contributed by atoms with Gasteiger partial charge >= 0.3 is 6.09 Å². The van der Waals surface area contributed by atoms with Crippen molar-refractivity contribution in [1.29, 1.82) is 0 Å². The Balaban J connectivity index is 2.05. The maximum absolute atomic E-state index is 12.1. The molecular formula is C21H36N6O4. The Hall–Kier alpha value is -2.78. The van der Waals surface area contributed by atoms with Crippen molar-refractivity contribution in [3.8, 4) is 0 Å². The van der Waals surface area contributed by atoms with Crippen LogP contribution in [0.2, 0.25) is 0 Å². The van der Waals surface area contributed by atoms with Crippen molar-refractivity contribution >= 4 is 18.0 Å². The third-order valence-corrected chi connectivity index (χ3v) is 5.27. The molecule has 2 amide bonds. The summed E-state index contributed by atoms with van der Waals surface area (Å²) in [4.78, 5) is 31.9. The molecule has 2 N–H and O–H groups in total. The highest BCUT2D eigenvalue weighted by Crippen LogP contribution is 2.17. The summed E-state index contributed by atoms with van der Waals surface area (Å²) >= 11 is 0. The van der Waals surface area contributed by atoms with Crippen LogP contribution in [0, 0.1) is 0 Å². The molecule has 0 atom stereocenters. The molecule has 1 aliphatic rings. The Kier molecular flexibility index (Phi) is 9.61. The van der Waals surface area contributed by atoms with E-state index in [-0.39, 0.29) is 24.6 Å². The predicted octanol–water partition coefficient (Wildman–Crippen LogP) is 1.54. The number of ether oxygens (including phenoxy) is 1. The lowest BCUT2D eigenvalue weighted by molar-refractivity contribution is -0.127. The quantitative estimate of drug-likeness (QED) is 0.470. The van der Waals surface area contributed by atoms with E-state index in [9.17, 15) is 9.59 Å². The van der Waals surface area contributed by atoms with Crippen molar-refractivity contribution in [2.45, 2.75) is 59.0 Å². The Morgan fingerprint density at radius 1 is 1.23 bits per heavy atom. The molecule has 0 aliphatic carbocycles. The molecule has 1 fully saturated rings. The molecule has 0 spiro atoms. The van der Waals surface area contributed by atoms with Gasteiger partial charge in [-0.2, -0.15) is 0 Å². The number of nitrogens with zero attached hydrogens (tertiary/aromatic N) is 4. The van der Waals surface area contributed by atoms with E-state index in [0.29, 0.717) is 32.2 Å². The first-order valence-electron chi connectivity index (χ1n) is 11.0. The molecule has 0 radical (unpaired) electrons. The molecule has 0 aromatic carbocycles. The average molecular weight is 437 g/mol. The molecule has 10 heteroatoms. The molecule has 31 heavy (non-hydrogen) atoms. The minimum Gasteiger partial charge on any atom is -0.450 e. The summed E-state index contributed by atoms with van der Waals surface area (Å²) in [6, 6.07) is 0.144. The summed E-state index contributed by atoms with van der Waals surface area (Å²) in [5.41, 5.74) is 1.91. The van der Waals surface area contributed by atoms with E-state index in [2.05, 4.69) is 15.8 Å². The summed E-state index contributed by atoms with van der Waals surface area (Å²) in [6.45, 7) is 8.04. The van der Waals surface area contributed by atoms with E-state index in [0.717, 1.165) is 42.7 Å². The van der Waals surface area contributed by atoms with E-state index in [1.54, 1.807) is 25.9 Å². The topological polar surface area (TPSA) is 112 Å². The second kappa shape index (κ2) is 12.2. The summed E-state index contributed by atoms with van der Waals surface area (Å²) in [6.07, 6.45) is 2.80. The Labute approximate surface area is 184 Å². The monoisotopic (exact) mass is 436 g/mol. The maximum Gasteiger partial charge on any atom is 0.409 e. The van der Waals surface area contributed by atoms with Gasteiger partial charge in [0.15, 0.2) is 5.96 Å². The number of guanidine groups is 1. The third-order valence-electron chi connectivity index (χ3n) is 5.27. The molecule has 2 heterocycles. The molecule has 1 aromatic rings. The molecule has 1 saturated heterocycles. The van der Waals surface area contributed by atoms with Gasteiger partial charge in [0, 0.05) is 45.2 Å². The van der Waals surface area contributed by atoms with Crippen LogP contribution < -0.4 is 10.6 Å². The van der Waals surface area contributed by atoms with Crippen LogP contribution in [0.4, 0.5) is 4.79 Å². The highest BCUT2D eigenvalue weighted by molar-refractivity contribution is 5.86. The van der Waals surface area contributed by atoms with Gasteiger partial charge in [-0.05, 0) is 26.2 Å². The van der Waals surface area contributed by atoms with Crippen LogP contribution in [0.5, 0.6) is 0 Å². The van der Waals surface area contributed by atoms with Gasteiger partial charge in [0.05, 0.1) is 25.4 Å². The molecule has 0 unspecified atom stereocenters. The lowest BCUT2D eigenvalue weighted by Gasteiger charge is -2.32. The smallest absolute Gasteiger partial charge is 0.409 e. The Morgan fingerprint density at radius 3 is 2.52 bits per heavy atom. The number of hydrogen-bond donors (Lipinski definition) is 2. The number of piperidine rings is 1. The van der Waals surface area contributed by atoms with Crippen molar-refractivity contribution in [2.24, 2.45) is 4.99 Å². The van der Waals surface area contributed by atoms with Crippen LogP contribution in [-0.2, 0) is 28.9 Å². The van der Waals surface area contributed by atoms with Gasteiger partial charge in [-0.3, -0.25) is 4.79 Å². The summed E-state index contributed by atoms with van der Waals surface area (Å²) in [5.74, 6) is 1.36. The zero-order valence-corrected chi connectivity index (χ0v) is 19.4. The third kappa shape index (κ3) is 7.15. The van der Waals surface area contributed by atoms with Crippen LogP contribution in [0.15, 0.2) is 9.52 Å². The first kappa shape index (κ1) is 24.5. The van der Waals surface area contributed by atoms with Crippen LogP contribution in [0.1, 0.15) is 50.6 Å².